The van der Waals surface area contributed by atoms with Crippen molar-refractivity contribution in [3.63, 3.8) is 0 Å². The van der Waals surface area contributed by atoms with E-state index in [9.17, 15) is 31.9 Å². The average Bonchev–Trinajstić information content (AvgIpc) is 2.23. The minimum Gasteiger partial charge on any atom is -0.388 e. The van der Waals surface area contributed by atoms with Crippen molar-refractivity contribution in [2.75, 3.05) is 0 Å². The molecule has 0 saturated carbocycles. The van der Waals surface area contributed by atoms with Crippen molar-refractivity contribution in [1.82, 2.24) is 0 Å². The fraction of sp³-hybridized carbons (Fsp3) is 0.300. The summed E-state index contributed by atoms with van der Waals surface area (Å²) >= 11 is 0. The van der Waals surface area contributed by atoms with Crippen LogP contribution in [0.1, 0.15) is 25.0 Å². The number of hydrogen-bond donors (Lipinski definition) is 1. The van der Waals surface area contributed by atoms with Crippen LogP contribution in [0.3, 0.4) is 0 Å². The first-order chi connectivity index (χ1) is 7.77. The van der Waals surface area contributed by atoms with Crippen LogP contribution in [-0.4, -0.2) is 10.9 Å². The number of carbonyl (C=O) groups excluding carboxylic acids is 1. The molecule has 1 aromatic carbocycles. The molecule has 0 amide bonds. The minimum absolute atomic E-state index is 0.651. The van der Waals surface area contributed by atoms with Gasteiger partial charge in [0.25, 0.3) is 0 Å². The van der Waals surface area contributed by atoms with Crippen LogP contribution in [0.5, 0.6) is 0 Å². The molecule has 17 heavy (non-hydrogen) atoms. The predicted octanol–water partition coefficient (Wildman–Crippen LogP) is 2.39. The molecule has 0 spiro atoms. The van der Waals surface area contributed by atoms with E-state index in [0.29, 0.717) is 0 Å². The lowest BCUT2D eigenvalue weighted by Gasteiger charge is -2.12. The van der Waals surface area contributed by atoms with Crippen LogP contribution in [0, 0.1) is 29.1 Å². The van der Waals surface area contributed by atoms with E-state index in [1.54, 1.807) is 0 Å². The van der Waals surface area contributed by atoms with E-state index >= 15 is 0 Å². The Labute approximate surface area is 92.7 Å². The second kappa shape index (κ2) is 4.79. The maximum atomic E-state index is 13.1. The van der Waals surface area contributed by atoms with Crippen LogP contribution >= 0.6 is 0 Å². The van der Waals surface area contributed by atoms with Gasteiger partial charge < -0.3 is 5.11 Å². The lowest BCUT2D eigenvalue weighted by molar-refractivity contribution is -0.119. The highest BCUT2D eigenvalue weighted by molar-refractivity contribution is 5.76. The van der Waals surface area contributed by atoms with Crippen LogP contribution < -0.4 is 0 Å². The Morgan fingerprint density at radius 3 is 1.71 bits per heavy atom. The summed E-state index contributed by atoms with van der Waals surface area (Å²) in [5.74, 6) is -11.5. The number of ketones is 1. The smallest absolute Gasteiger partial charge is 0.200 e. The van der Waals surface area contributed by atoms with Gasteiger partial charge in [-0.05, 0) is 6.92 Å². The zero-order valence-corrected chi connectivity index (χ0v) is 8.53. The summed E-state index contributed by atoms with van der Waals surface area (Å²) in [6.45, 7) is 1.01. The van der Waals surface area contributed by atoms with Gasteiger partial charge in [-0.15, -0.1) is 0 Å². The van der Waals surface area contributed by atoms with Crippen LogP contribution in [0.2, 0.25) is 0 Å². The van der Waals surface area contributed by atoms with Crippen LogP contribution in [0.15, 0.2) is 0 Å². The van der Waals surface area contributed by atoms with Crippen LogP contribution in [0.4, 0.5) is 22.0 Å². The fourth-order valence-corrected chi connectivity index (χ4v) is 1.29. The maximum Gasteiger partial charge on any atom is 0.200 e. The zero-order chi connectivity index (χ0) is 13.3. The van der Waals surface area contributed by atoms with E-state index in [2.05, 4.69) is 0 Å². The first-order valence-electron chi connectivity index (χ1n) is 4.46. The van der Waals surface area contributed by atoms with E-state index in [4.69, 9.17) is 0 Å². The molecule has 1 N–H and O–H groups in total. The lowest BCUT2D eigenvalue weighted by Crippen LogP contribution is -2.13. The van der Waals surface area contributed by atoms with Crippen molar-refractivity contribution in [1.29, 1.82) is 0 Å². The summed E-state index contributed by atoms with van der Waals surface area (Å²) < 4.78 is 64.4. The highest BCUT2D eigenvalue weighted by atomic mass is 19.2. The largest absolute Gasteiger partial charge is 0.388 e. The Hall–Kier alpha value is -1.50. The quantitative estimate of drug-likeness (QED) is 0.511. The molecule has 0 aliphatic heterocycles. The molecule has 94 valence electrons. The van der Waals surface area contributed by atoms with Crippen LogP contribution in [0.25, 0.3) is 0 Å². The second-order valence-electron chi connectivity index (χ2n) is 3.41. The summed E-state index contributed by atoms with van der Waals surface area (Å²) in [5.41, 5.74) is -1.39. The highest BCUT2D eigenvalue weighted by Crippen LogP contribution is 2.29. The summed E-state index contributed by atoms with van der Waals surface area (Å²) in [6.07, 6.45) is -2.81. The molecule has 0 heterocycles. The number of benzene rings is 1. The molecule has 1 aromatic rings. The standard InChI is InChI=1S/C10H7F5O2/c1-3(16)2-4(17)5-6(11)8(13)10(15)9(14)7(5)12/h4,17H,2H2,1H3. The van der Waals surface area contributed by atoms with Crippen molar-refractivity contribution in [3.8, 4) is 0 Å². The SMILES string of the molecule is CC(=O)CC(O)c1c(F)c(F)c(F)c(F)c1F. The summed E-state index contributed by atoms with van der Waals surface area (Å²) in [4.78, 5) is 10.6. The van der Waals surface area contributed by atoms with E-state index < -0.39 is 53.0 Å². The summed E-state index contributed by atoms with van der Waals surface area (Å²) in [5, 5.41) is 9.24. The predicted molar refractivity (Wildman–Crippen MR) is 46.5 cm³/mol. The lowest BCUT2D eigenvalue weighted by atomic mass is 10.0. The van der Waals surface area contributed by atoms with Crippen molar-refractivity contribution in [2.45, 2.75) is 19.4 Å². The number of halogens is 5. The van der Waals surface area contributed by atoms with Gasteiger partial charge in [0, 0.05) is 6.42 Å². The molecule has 7 heteroatoms. The van der Waals surface area contributed by atoms with E-state index in [-0.39, 0.29) is 0 Å². The third-order valence-corrected chi connectivity index (χ3v) is 2.06. The zero-order valence-electron chi connectivity index (χ0n) is 8.53. The first-order valence-corrected chi connectivity index (χ1v) is 4.46. The Morgan fingerprint density at radius 1 is 1.00 bits per heavy atom. The molecule has 1 atom stereocenters. The first kappa shape index (κ1) is 13.6. The van der Waals surface area contributed by atoms with Gasteiger partial charge in [-0.3, -0.25) is 4.79 Å². The molecule has 0 radical (unpaired) electrons. The second-order valence-corrected chi connectivity index (χ2v) is 3.41. The minimum atomic E-state index is -2.31. The molecule has 2 nitrogen and oxygen atoms in total. The fourth-order valence-electron chi connectivity index (χ4n) is 1.29. The van der Waals surface area contributed by atoms with Crippen molar-refractivity contribution in [2.24, 2.45) is 0 Å². The molecule has 1 unspecified atom stereocenters. The van der Waals surface area contributed by atoms with Gasteiger partial charge in [0.05, 0.1) is 11.7 Å². The number of hydrogen-bond acceptors (Lipinski definition) is 2. The highest BCUT2D eigenvalue weighted by Gasteiger charge is 2.29. The number of Topliss-reactive ketones (excluding diaryl/α,β-unsaturated/α-hetero) is 1. The van der Waals surface area contributed by atoms with E-state index in [0.717, 1.165) is 6.92 Å². The normalized spacial score (nSPS) is 12.6. The Balaban J connectivity index is 3.38. The molecule has 0 saturated heterocycles. The van der Waals surface area contributed by atoms with Gasteiger partial charge in [-0.1, -0.05) is 0 Å². The third-order valence-electron chi connectivity index (χ3n) is 2.06. The van der Waals surface area contributed by atoms with Crippen molar-refractivity contribution < 1.29 is 31.9 Å². The third kappa shape index (κ3) is 2.44. The van der Waals surface area contributed by atoms with E-state index in [1.165, 1.54) is 0 Å². The molecular formula is C10H7F5O2. The molecule has 0 bridgehead atoms. The maximum absolute atomic E-state index is 13.1. The van der Waals surface area contributed by atoms with Gasteiger partial charge in [0.2, 0.25) is 5.82 Å². The molecular weight excluding hydrogens is 247 g/mol. The number of aliphatic hydroxyl groups excluding tert-OH is 1. The van der Waals surface area contributed by atoms with Gasteiger partial charge >= 0.3 is 0 Å². The number of carbonyl (C=O) groups is 1. The molecule has 0 fully saturated rings. The molecule has 0 aliphatic rings. The van der Waals surface area contributed by atoms with E-state index in [1.807, 2.05) is 0 Å². The summed E-state index contributed by atoms with van der Waals surface area (Å²) in [6, 6.07) is 0. The summed E-state index contributed by atoms with van der Waals surface area (Å²) in [7, 11) is 0. The Morgan fingerprint density at radius 2 is 1.35 bits per heavy atom. The van der Waals surface area contributed by atoms with Gasteiger partial charge in [-0.25, -0.2) is 22.0 Å². The molecule has 0 aromatic heterocycles. The Kier molecular flexibility index (Phi) is 3.82. The van der Waals surface area contributed by atoms with Gasteiger partial charge in [0.15, 0.2) is 23.3 Å². The number of rotatable bonds is 3. The molecule has 1 rings (SSSR count). The Bertz CT molecular complexity index is 443. The van der Waals surface area contributed by atoms with Gasteiger partial charge in [0.1, 0.15) is 5.78 Å². The van der Waals surface area contributed by atoms with Gasteiger partial charge in [-0.2, -0.15) is 0 Å². The monoisotopic (exact) mass is 254 g/mol. The number of aliphatic hydroxyl groups is 1. The topological polar surface area (TPSA) is 37.3 Å². The van der Waals surface area contributed by atoms with Crippen molar-refractivity contribution in [3.05, 3.63) is 34.6 Å². The average molecular weight is 254 g/mol. The molecule has 0 aliphatic carbocycles. The van der Waals surface area contributed by atoms with Crippen molar-refractivity contribution >= 4 is 5.78 Å². The van der Waals surface area contributed by atoms with Crippen LogP contribution in [-0.2, 0) is 4.79 Å².